The molecule has 1 aromatic rings. The summed E-state index contributed by atoms with van der Waals surface area (Å²) in [6.07, 6.45) is 1.57. The number of rotatable bonds is 2. The van der Waals surface area contributed by atoms with E-state index in [1.165, 1.54) is 15.5 Å². The van der Waals surface area contributed by atoms with E-state index >= 15 is 0 Å². The third-order valence-corrected chi connectivity index (χ3v) is 2.51. The molecule has 0 atom stereocenters. The van der Waals surface area contributed by atoms with Crippen LogP contribution in [-0.2, 0) is 17.1 Å². The maximum Gasteiger partial charge on any atom is 0.277 e. The Balaban J connectivity index is 3.22. The zero-order valence-corrected chi connectivity index (χ0v) is 6.67. The van der Waals surface area contributed by atoms with Gasteiger partial charge >= 0.3 is 0 Å². The van der Waals surface area contributed by atoms with Crippen LogP contribution in [0.25, 0.3) is 0 Å². The largest absolute Gasteiger partial charge is 0.341 e. The second-order valence-electron chi connectivity index (χ2n) is 2.05. The summed E-state index contributed by atoms with van der Waals surface area (Å²) in [6, 6.07) is 2.96. The van der Waals surface area contributed by atoms with Gasteiger partial charge in [-0.05, 0) is 12.1 Å². The van der Waals surface area contributed by atoms with Crippen molar-refractivity contribution in [3.8, 4) is 0 Å². The van der Waals surface area contributed by atoms with Crippen LogP contribution in [0.3, 0.4) is 0 Å². The predicted octanol–water partition coefficient (Wildman–Crippen LogP) is -0.307. The van der Waals surface area contributed by atoms with Crippen LogP contribution in [0.2, 0.25) is 0 Å². The van der Waals surface area contributed by atoms with Crippen molar-refractivity contribution in [2.24, 2.45) is 7.05 Å². The molecule has 0 saturated carbocycles. The average molecular weight is 176 g/mol. The molecule has 0 spiro atoms. The second kappa shape index (κ2) is 2.65. The molecular formula is C5H8N2O3S. The fourth-order valence-electron chi connectivity index (χ4n) is 0.771. The summed E-state index contributed by atoms with van der Waals surface area (Å²) in [6.45, 7) is 0. The standard InChI is InChI=1S/C5H8N2O3S/c1-7-4-2-3-5(7)11(9,10)6-8/h2-4,6,8H,1H3. The lowest BCUT2D eigenvalue weighted by Crippen LogP contribution is -2.21. The highest BCUT2D eigenvalue weighted by molar-refractivity contribution is 7.89. The van der Waals surface area contributed by atoms with Crippen molar-refractivity contribution < 1.29 is 13.6 Å². The first-order valence-corrected chi connectivity index (χ1v) is 4.33. The summed E-state index contributed by atoms with van der Waals surface area (Å²) in [5.41, 5.74) is 0. The van der Waals surface area contributed by atoms with Crippen LogP contribution in [0.1, 0.15) is 0 Å². The van der Waals surface area contributed by atoms with Gasteiger partial charge in [-0.1, -0.05) is 4.89 Å². The first-order chi connectivity index (χ1) is 5.08. The molecule has 62 valence electrons. The summed E-state index contributed by atoms with van der Waals surface area (Å²) in [5.74, 6) is 0. The minimum absolute atomic E-state index is 0.0278. The number of hydrogen-bond donors (Lipinski definition) is 2. The molecule has 0 aliphatic carbocycles. The van der Waals surface area contributed by atoms with Gasteiger partial charge in [-0.2, -0.15) is 0 Å². The molecule has 0 aliphatic rings. The summed E-state index contributed by atoms with van der Waals surface area (Å²) in [5, 5.41) is 8.27. The van der Waals surface area contributed by atoms with E-state index in [9.17, 15) is 8.42 Å². The molecule has 0 aliphatic heterocycles. The Labute approximate surface area is 64.3 Å². The second-order valence-corrected chi connectivity index (χ2v) is 3.66. The summed E-state index contributed by atoms with van der Waals surface area (Å²) >= 11 is 0. The molecule has 6 heteroatoms. The average Bonchev–Trinajstić information content (AvgIpc) is 2.36. The maximum atomic E-state index is 10.9. The van der Waals surface area contributed by atoms with Crippen molar-refractivity contribution in [3.63, 3.8) is 0 Å². The van der Waals surface area contributed by atoms with Crippen LogP contribution in [-0.4, -0.2) is 18.2 Å². The van der Waals surface area contributed by atoms with Crippen molar-refractivity contribution in [1.82, 2.24) is 9.45 Å². The van der Waals surface area contributed by atoms with Gasteiger partial charge in [0.05, 0.1) is 0 Å². The van der Waals surface area contributed by atoms with Crippen LogP contribution in [0.4, 0.5) is 0 Å². The fourth-order valence-corrected chi connectivity index (χ4v) is 1.56. The van der Waals surface area contributed by atoms with Crippen LogP contribution in [0, 0.1) is 0 Å². The zero-order chi connectivity index (χ0) is 8.48. The van der Waals surface area contributed by atoms with Crippen molar-refractivity contribution in [2.75, 3.05) is 0 Å². The van der Waals surface area contributed by atoms with E-state index in [4.69, 9.17) is 5.21 Å². The van der Waals surface area contributed by atoms with E-state index in [2.05, 4.69) is 0 Å². The molecule has 0 fully saturated rings. The highest BCUT2D eigenvalue weighted by Crippen LogP contribution is 2.06. The van der Waals surface area contributed by atoms with Crippen LogP contribution in [0.15, 0.2) is 23.4 Å². The van der Waals surface area contributed by atoms with Crippen molar-refractivity contribution in [1.29, 1.82) is 0 Å². The third-order valence-electron chi connectivity index (χ3n) is 1.29. The molecule has 5 nitrogen and oxygen atoms in total. The lowest BCUT2D eigenvalue weighted by atomic mass is 10.7. The normalized spacial score (nSPS) is 11.8. The Morgan fingerprint density at radius 1 is 1.64 bits per heavy atom. The smallest absolute Gasteiger partial charge is 0.277 e. The highest BCUT2D eigenvalue weighted by Gasteiger charge is 2.14. The fraction of sp³-hybridized carbons (Fsp3) is 0.200. The van der Waals surface area contributed by atoms with E-state index in [-0.39, 0.29) is 5.03 Å². The van der Waals surface area contributed by atoms with E-state index < -0.39 is 10.0 Å². The third kappa shape index (κ3) is 1.42. The maximum absolute atomic E-state index is 10.9. The van der Waals surface area contributed by atoms with Gasteiger partial charge in [0, 0.05) is 13.2 Å². The Hall–Kier alpha value is -0.850. The number of sulfonamides is 1. The number of nitrogens with one attached hydrogen (secondary N) is 1. The minimum Gasteiger partial charge on any atom is -0.341 e. The Kier molecular flexibility index (Phi) is 1.99. The molecule has 0 unspecified atom stereocenters. The Morgan fingerprint density at radius 3 is 2.64 bits per heavy atom. The Bertz CT molecular complexity index is 340. The Morgan fingerprint density at radius 2 is 2.27 bits per heavy atom. The van der Waals surface area contributed by atoms with Crippen LogP contribution < -0.4 is 4.89 Å². The quantitative estimate of drug-likeness (QED) is 0.607. The molecule has 11 heavy (non-hydrogen) atoms. The number of aryl methyl sites for hydroxylation is 1. The van der Waals surface area contributed by atoms with E-state index in [1.54, 1.807) is 19.3 Å². The van der Waals surface area contributed by atoms with Gasteiger partial charge in [0.1, 0.15) is 0 Å². The molecule has 1 heterocycles. The summed E-state index contributed by atoms with van der Waals surface area (Å²) < 4.78 is 23.2. The SMILES string of the molecule is Cn1cccc1S(=O)(=O)NO. The van der Waals surface area contributed by atoms with Gasteiger partial charge in [-0.25, -0.2) is 8.42 Å². The summed E-state index contributed by atoms with van der Waals surface area (Å²) in [7, 11) is -2.14. The lowest BCUT2D eigenvalue weighted by molar-refractivity contribution is 0.242. The molecule has 0 aromatic carbocycles. The number of aromatic nitrogens is 1. The molecule has 1 aromatic heterocycles. The predicted molar refractivity (Wildman–Crippen MR) is 37.5 cm³/mol. The van der Waals surface area contributed by atoms with Crippen molar-refractivity contribution >= 4 is 10.0 Å². The van der Waals surface area contributed by atoms with Crippen LogP contribution >= 0.6 is 0 Å². The van der Waals surface area contributed by atoms with Gasteiger partial charge in [0.25, 0.3) is 10.0 Å². The van der Waals surface area contributed by atoms with E-state index in [0.29, 0.717) is 0 Å². The van der Waals surface area contributed by atoms with E-state index in [0.717, 1.165) is 0 Å². The topological polar surface area (TPSA) is 71.3 Å². The van der Waals surface area contributed by atoms with Crippen molar-refractivity contribution in [2.45, 2.75) is 5.03 Å². The first kappa shape index (κ1) is 8.25. The van der Waals surface area contributed by atoms with Gasteiger partial charge in [0.2, 0.25) is 0 Å². The zero-order valence-electron chi connectivity index (χ0n) is 5.85. The van der Waals surface area contributed by atoms with Crippen molar-refractivity contribution in [3.05, 3.63) is 18.3 Å². The van der Waals surface area contributed by atoms with Gasteiger partial charge < -0.3 is 9.77 Å². The van der Waals surface area contributed by atoms with Gasteiger partial charge in [-0.3, -0.25) is 0 Å². The molecule has 0 amide bonds. The van der Waals surface area contributed by atoms with E-state index in [1.807, 2.05) is 0 Å². The number of hydrogen-bond acceptors (Lipinski definition) is 3. The molecule has 1 rings (SSSR count). The minimum atomic E-state index is -3.72. The molecule has 0 radical (unpaired) electrons. The molecule has 2 N–H and O–H groups in total. The van der Waals surface area contributed by atoms with Gasteiger partial charge in [-0.15, -0.1) is 0 Å². The molecular weight excluding hydrogens is 168 g/mol. The first-order valence-electron chi connectivity index (χ1n) is 2.85. The van der Waals surface area contributed by atoms with Gasteiger partial charge in [0.15, 0.2) is 5.03 Å². The van der Waals surface area contributed by atoms with Crippen LogP contribution in [0.5, 0.6) is 0 Å². The summed E-state index contributed by atoms with van der Waals surface area (Å²) in [4.78, 5) is 1.24. The monoisotopic (exact) mass is 176 g/mol. The highest BCUT2D eigenvalue weighted by atomic mass is 32.2. The molecule has 0 bridgehead atoms. The lowest BCUT2D eigenvalue weighted by Gasteiger charge is -2.00. The molecule has 0 saturated heterocycles. The number of nitrogens with zero attached hydrogens (tertiary/aromatic N) is 1.